The second-order valence-corrected chi connectivity index (χ2v) is 11.1. The van der Waals surface area contributed by atoms with Crippen molar-refractivity contribution in [3.63, 3.8) is 0 Å². The maximum absolute atomic E-state index is 13.0. The molecule has 3 rings (SSSR count). The number of halogens is 2. The molecule has 2 aromatic carbocycles. The predicted octanol–water partition coefficient (Wildman–Crippen LogP) is 3.68. The van der Waals surface area contributed by atoms with Gasteiger partial charge < -0.3 is 10.2 Å². The Balaban J connectivity index is 1.55. The number of benzene rings is 2. The van der Waals surface area contributed by atoms with Gasteiger partial charge in [-0.2, -0.15) is 4.31 Å². The molecule has 32 heavy (non-hydrogen) atoms. The zero-order valence-electron chi connectivity index (χ0n) is 18.3. The molecule has 1 amide bonds. The molecule has 0 radical (unpaired) electrons. The third-order valence-corrected chi connectivity index (χ3v) is 8.51. The maximum atomic E-state index is 13.0. The van der Waals surface area contributed by atoms with Crippen molar-refractivity contribution in [1.82, 2.24) is 14.5 Å². The van der Waals surface area contributed by atoms with Crippen molar-refractivity contribution >= 4 is 39.1 Å². The quantitative estimate of drug-likeness (QED) is 0.603. The topological polar surface area (TPSA) is 69.7 Å². The standard InChI is InChI=1S/C23H29Cl2N3O3S/c1-27(2)20(14-17-6-4-3-5-7-17)16-26-23(29)18-10-12-28(13-11-18)32(30,31)22-15-19(24)8-9-21(22)25/h3-9,15,18,20H,10-14,16H2,1-2H3,(H,26,29)/t20-/m0/s1. The Labute approximate surface area is 200 Å². The van der Waals surface area contributed by atoms with Gasteiger partial charge in [-0.05, 0) is 57.1 Å². The van der Waals surface area contributed by atoms with Crippen LogP contribution in [0.3, 0.4) is 0 Å². The van der Waals surface area contributed by atoms with E-state index in [4.69, 9.17) is 23.2 Å². The van der Waals surface area contributed by atoms with E-state index in [0.29, 0.717) is 24.4 Å². The van der Waals surface area contributed by atoms with E-state index in [1.54, 1.807) is 6.07 Å². The molecule has 1 atom stereocenters. The largest absolute Gasteiger partial charge is 0.354 e. The molecule has 1 fully saturated rings. The molecule has 0 bridgehead atoms. The highest BCUT2D eigenvalue weighted by Crippen LogP contribution is 2.30. The van der Waals surface area contributed by atoms with Crippen LogP contribution in [0, 0.1) is 5.92 Å². The third-order valence-electron chi connectivity index (χ3n) is 5.89. The van der Waals surface area contributed by atoms with E-state index in [1.165, 1.54) is 22.0 Å². The number of rotatable bonds is 8. The number of piperidine rings is 1. The number of carbonyl (C=O) groups excluding carboxylic acids is 1. The van der Waals surface area contributed by atoms with Gasteiger partial charge in [-0.25, -0.2) is 8.42 Å². The van der Waals surface area contributed by atoms with Gasteiger partial charge in [0.2, 0.25) is 15.9 Å². The minimum absolute atomic E-state index is 0.00399. The molecule has 0 aromatic heterocycles. The van der Waals surface area contributed by atoms with Gasteiger partial charge in [0.1, 0.15) is 4.90 Å². The SMILES string of the molecule is CN(C)[C@H](CNC(=O)C1CCN(S(=O)(=O)c2cc(Cl)ccc2Cl)CC1)Cc1ccccc1. The predicted molar refractivity (Wildman–Crippen MR) is 129 cm³/mol. The van der Waals surface area contributed by atoms with Crippen LogP contribution in [0.5, 0.6) is 0 Å². The summed E-state index contributed by atoms with van der Waals surface area (Å²) in [4.78, 5) is 14.9. The van der Waals surface area contributed by atoms with E-state index in [-0.39, 0.29) is 40.9 Å². The summed E-state index contributed by atoms with van der Waals surface area (Å²) in [7, 11) is 0.251. The summed E-state index contributed by atoms with van der Waals surface area (Å²) in [5.74, 6) is -0.237. The van der Waals surface area contributed by atoms with Gasteiger partial charge in [0.15, 0.2) is 0 Å². The van der Waals surface area contributed by atoms with Crippen molar-refractivity contribution in [3.05, 3.63) is 64.1 Å². The van der Waals surface area contributed by atoms with Crippen LogP contribution in [0.4, 0.5) is 0 Å². The lowest BCUT2D eigenvalue weighted by Crippen LogP contribution is -2.46. The first-order chi connectivity index (χ1) is 15.2. The fourth-order valence-corrected chi connectivity index (χ4v) is 6.07. The first-order valence-corrected chi connectivity index (χ1v) is 12.8. The molecule has 0 aliphatic carbocycles. The minimum atomic E-state index is -3.76. The van der Waals surface area contributed by atoms with Crippen molar-refractivity contribution in [2.24, 2.45) is 5.92 Å². The van der Waals surface area contributed by atoms with E-state index in [2.05, 4.69) is 22.3 Å². The molecule has 1 aliphatic heterocycles. The van der Waals surface area contributed by atoms with E-state index in [9.17, 15) is 13.2 Å². The van der Waals surface area contributed by atoms with Crippen LogP contribution in [-0.2, 0) is 21.2 Å². The van der Waals surface area contributed by atoms with Gasteiger partial charge >= 0.3 is 0 Å². The van der Waals surface area contributed by atoms with Crippen LogP contribution < -0.4 is 5.32 Å². The molecule has 6 nitrogen and oxygen atoms in total. The summed E-state index contributed by atoms with van der Waals surface area (Å²) >= 11 is 12.1. The first kappa shape index (κ1) is 25.0. The number of nitrogens with one attached hydrogen (secondary N) is 1. The summed E-state index contributed by atoms with van der Waals surface area (Å²) in [6.07, 6.45) is 1.77. The van der Waals surface area contributed by atoms with E-state index in [0.717, 1.165) is 6.42 Å². The lowest BCUT2D eigenvalue weighted by atomic mass is 9.97. The normalized spacial score (nSPS) is 16.8. The number of nitrogens with zero attached hydrogens (tertiary/aromatic N) is 2. The molecule has 1 N–H and O–H groups in total. The van der Waals surface area contributed by atoms with Gasteiger partial charge in [-0.1, -0.05) is 53.5 Å². The van der Waals surface area contributed by atoms with Gasteiger partial charge in [0.05, 0.1) is 5.02 Å². The van der Waals surface area contributed by atoms with E-state index in [1.807, 2.05) is 32.3 Å². The van der Waals surface area contributed by atoms with Gasteiger partial charge in [0, 0.05) is 36.6 Å². The maximum Gasteiger partial charge on any atom is 0.244 e. The van der Waals surface area contributed by atoms with Gasteiger partial charge in [-0.3, -0.25) is 4.79 Å². The average Bonchev–Trinajstić information content (AvgIpc) is 2.78. The van der Waals surface area contributed by atoms with Crippen molar-refractivity contribution < 1.29 is 13.2 Å². The Bertz CT molecular complexity index is 1020. The number of hydrogen-bond donors (Lipinski definition) is 1. The summed E-state index contributed by atoms with van der Waals surface area (Å²) < 4.78 is 27.3. The Hall–Kier alpha value is -1.64. The van der Waals surface area contributed by atoms with Crippen LogP contribution in [0.1, 0.15) is 18.4 Å². The summed E-state index contributed by atoms with van der Waals surface area (Å²) in [5.41, 5.74) is 1.22. The smallest absolute Gasteiger partial charge is 0.244 e. The van der Waals surface area contributed by atoms with Crippen LogP contribution >= 0.6 is 23.2 Å². The fraction of sp³-hybridized carbons (Fsp3) is 0.435. The molecule has 174 valence electrons. The van der Waals surface area contributed by atoms with Gasteiger partial charge in [0.25, 0.3) is 0 Å². The highest BCUT2D eigenvalue weighted by molar-refractivity contribution is 7.89. The Morgan fingerprint density at radius 2 is 1.78 bits per heavy atom. The molecule has 2 aromatic rings. The number of likely N-dealkylation sites (N-methyl/N-ethyl adjacent to an activating group) is 1. The Morgan fingerprint density at radius 1 is 1.12 bits per heavy atom. The number of hydrogen-bond acceptors (Lipinski definition) is 4. The molecule has 0 saturated carbocycles. The lowest BCUT2D eigenvalue weighted by Gasteiger charge is -2.31. The highest BCUT2D eigenvalue weighted by atomic mass is 35.5. The molecule has 1 aliphatic rings. The van der Waals surface area contributed by atoms with Crippen molar-refractivity contribution in [1.29, 1.82) is 0 Å². The van der Waals surface area contributed by atoms with Crippen molar-refractivity contribution in [2.45, 2.75) is 30.2 Å². The molecular formula is C23H29Cl2N3O3S. The summed E-state index contributed by atoms with van der Waals surface area (Å²) in [6.45, 7) is 1.08. The molecular weight excluding hydrogens is 469 g/mol. The molecule has 1 saturated heterocycles. The number of carbonyl (C=O) groups is 1. The average molecular weight is 498 g/mol. The monoisotopic (exact) mass is 497 g/mol. The minimum Gasteiger partial charge on any atom is -0.354 e. The zero-order valence-corrected chi connectivity index (χ0v) is 20.6. The second-order valence-electron chi connectivity index (χ2n) is 8.31. The highest BCUT2D eigenvalue weighted by Gasteiger charge is 2.33. The zero-order chi connectivity index (χ0) is 23.3. The second kappa shape index (κ2) is 11.0. The van der Waals surface area contributed by atoms with Crippen molar-refractivity contribution in [2.75, 3.05) is 33.7 Å². The molecule has 1 heterocycles. The lowest BCUT2D eigenvalue weighted by molar-refractivity contribution is -0.126. The number of sulfonamides is 1. The van der Waals surface area contributed by atoms with Crippen molar-refractivity contribution in [3.8, 4) is 0 Å². The first-order valence-electron chi connectivity index (χ1n) is 10.6. The molecule has 0 spiro atoms. The fourth-order valence-electron chi connectivity index (χ4n) is 3.86. The van der Waals surface area contributed by atoms with Gasteiger partial charge in [-0.15, -0.1) is 0 Å². The van der Waals surface area contributed by atoms with E-state index < -0.39 is 10.0 Å². The van der Waals surface area contributed by atoms with Crippen LogP contribution in [-0.4, -0.2) is 63.3 Å². The molecule has 0 unspecified atom stereocenters. The Kier molecular flexibility index (Phi) is 8.58. The van der Waals surface area contributed by atoms with Crippen LogP contribution in [0.15, 0.2) is 53.4 Å². The number of amides is 1. The van der Waals surface area contributed by atoms with Crippen LogP contribution in [0.25, 0.3) is 0 Å². The summed E-state index contributed by atoms with van der Waals surface area (Å²) in [6, 6.07) is 14.8. The Morgan fingerprint density at radius 3 is 2.41 bits per heavy atom. The third kappa shape index (κ3) is 6.23. The summed E-state index contributed by atoms with van der Waals surface area (Å²) in [5, 5.41) is 3.52. The van der Waals surface area contributed by atoms with E-state index >= 15 is 0 Å². The van der Waals surface area contributed by atoms with Crippen LogP contribution in [0.2, 0.25) is 10.0 Å². The molecule has 9 heteroatoms.